The Bertz CT molecular complexity index is 838. The molecule has 0 aliphatic carbocycles. The molecule has 0 bridgehead atoms. The second kappa shape index (κ2) is 13.2. The summed E-state index contributed by atoms with van der Waals surface area (Å²) in [5.74, 6) is 2.20. The third-order valence-corrected chi connectivity index (χ3v) is 4.36. The first kappa shape index (κ1) is 23.2. The molecule has 0 saturated carbocycles. The van der Waals surface area contributed by atoms with Gasteiger partial charge in [-0.3, -0.25) is 5.43 Å². The Hall–Kier alpha value is -3.06. The number of thiocarbonyl (C=S) groups is 1. The molecule has 0 aromatic heterocycles. The summed E-state index contributed by atoms with van der Waals surface area (Å²) in [6, 6.07) is 13.8. The standard InChI is InChI=1S/C23H29N3O3S/c1-4-13-24-23(30)26-25-17-19-9-12-21(22(16-19)27-3)29-15-6-14-28-20-10-7-18(5-2)8-11-20/h4,7-12,16-17H,1,5-6,13-15H2,2-3H3,(H2,24,26,30). The summed E-state index contributed by atoms with van der Waals surface area (Å²) < 4.78 is 17.0. The molecule has 0 amide bonds. The van der Waals surface area contributed by atoms with Crippen molar-refractivity contribution in [3.05, 3.63) is 66.2 Å². The van der Waals surface area contributed by atoms with Crippen molar-refractivity contribution in [1.29, 1.82) is 0 Å². The lowest BCUT2D eigenvalue weighted by Gasteiger charge is -2.12. The van der Waals surface area contributed by atoms with Gasteiger partial charge in [-0.1, -0.05) is 25.1 Å². The zero-order valence-corrected chi connectivity index (χ0v) is 18.3. The van der Waals surface area contributed by atoms with E-state index in [1.165, 1.54) is 5.56 Å². The quantitative estimate of drug-likeness (QED) is 0.175. The maximum absolute atomic E-state index is 5.84. The molecule has 2 rings (SSSR count). The van der Waals surface area contributed by atoms with Gasteiger partial charge in [0.25, 0.3) is 0 Å². The molecule has 0 saturated heterocycles. The van der Waals surface area contributed by atoms with Crippen LogP contribution in [-0.4, -0.2) is 38.2 Å². The van der Waals surface area contributed by atoms with E-state index in [4.69, 9.17) is 26.4 Å². The number of hydrazone groups is 1. The van der Waals surface area contributed by atoms with Crippen molar-refractivity contribution < 1.29 is 14.2 Å². The second-order valence-electron chi connectivity index (χ2n) is 6.33. The third kappa shape index (κ3) is 8.13. The van der Waals surface area contributed by atoms with Gasteiger partial charge in [0.05, 0.1) is 26.5 Å². The highest BCUT2D eigenvalue weighted by atomic mass is 32.1. The van der Waals surface area contributed by atoms with Gasteiger partial charge >= 0.3 is 0 Å². The molecule has 2 N–H and O–H groups in total. The fourth-order valence-corrected chi connectivity index (χ4v) is 2.64. The van der Waals surface area contributed by atoms with Crippen LogP contribution < -0.4 is 25.0 Å². The molecule has 0 aliphatic heterocycles. The number of methoxy groups -OCH3 is 1. The first-order valence-electron chi connectivity index (χ1n) is 9.86. The van der Waals surface area contributed by atoms with Gasteiger partial charge in [-0.15, -0.1) is 6.58 Å². The largest absolute Gasteiger partial charge is 0.493 e. The van der Waals surface area contributed by atoms with Gasteiger partial charge < -0.3 is 19.5 Å². The predicted octanol–water partition coefficient (Wildman–Crippen LogP) is 4.09. The molecule has 0 atom stereocenters. The zero-order valence-electron chi connectivity index (χ0n) is 17.5. The third-order valence-electron chi connectivity index (χ3n) is 4.12. The van der Waals surface area contributed by atoms with Crippen LogP contribution in [0, 0.1) is 0 Å². The van der Waals surface area contributed by atoms with E-state index in [0.717, 1.165) is 24.2 Å². The fraction of sp³-hybridized carbons (Fsp3) is 0.304. The van der Waals surface area contributed by atoms with E-state index >= 15 is 0 Å². The van der Waals surface area contributed by atoms with Crippen LogP contribution in [0.5, 0.6) is 17.2 Å². The van der Waals surface area contributed by atoms with Crippen molar-refractivity contribution in [2.45, 2.75) is 19.8 Å². The summed E-state index contributed by atoms with van der Waals surface area (Å²) >= 11 is 5.08. The number of rotatable bonds is 12. The van der Waals surface area contributed by atoms with Crippen LogP contribution in [0.4, 0.5) is 0 Å². The van der Waals surface area contributed by atoms with E-state index in [0.29, 0.717) is 36.4 Å². The number of nitrogens with zero attached hydrogens (tertiary/aromatic N) is 1. The van der Waals surface area contributed by atoms with Gasteiger partial charge in [0.2, 0.25) is 0 Å². The van der Waals surface area contributed by atoms with E-state index in [9.17, 15) is 0 Å². The average Bonchev–Trinajstić information content (AvgIpc) is 2.78. The number of aryl methyl sites for hydroxylation is 1. The van der Waals surface area contributed by atoms with E-state index in [2.05, 4.69) is 41.5 Å². The Morgan fingerprint density at radius 1 is 1.10 bits per heavy atom. The summed E-state index contributed by atoms with van der Waals surface area (Å²) in [4.78, 5) is 0. The number of benzene rings is 2. The van der Waals surface area contributed by atoms with Crippen LogP contribution in [0.15, 0.2) is 60.2 Å². The monoisotopic (exact) mass is 427 g/mol. The molecule has 2 aromatic rings. The van der Waals surface area contributed by atoms with Crippen molar-refractivity contribution in [3.63, 3.8) is 0 Å². The highest BCUT2D eigenvalue weighted by Gasteiger charge is 2.05. The summed E-state index contributed by atoms with van der Waals surface area (Å²) in [7, 11) is 1.61. The maximum Gasteiger partial charge on any atom is 0.187 e. The van der Waals surface area contributed by atoms with Crippen LogP contribution in [0.2, 0.25) is 0 Å². The smallest absolute Gasteiger partial charge is 0.187 e. The first-order chi connectivity index (χ1) is 14.7. The van der Waals surface area contributed by atoms with Crippen molar-refractivity contribution in [2.75, 3.05) is 26.9 Å². The van der Waals surface area contributed by atoms with Gasteiger partial charge in [0.1, 0.15) is 5.75 Å². The fourth-order valence-electron chi connectivity index (χ4n) is 2.51. The van der Waals surface area contributed by atoms with Crippen LogP contribution in [0.1, 0.15) is 24.5 Å². The average molecular weight is 428 g/mol. The lowest BCUT2D eigenvalue weighted by Crippen LogP contribution is -2.31. The van der Waals surface area contributed by atoms with Crippen molar-refractivity contribution >= 4 is 23.5 Å². The molecule has 0 spiro atoms. The van der Waals surface area contributed by atoms with Gasteiger partial charge in [-0.05, 0) is 60.1 Å². The predicted molar refractivity (Wildman–Crippen MR) is 126 cm³/mol. The molecule has 0 heterocycles. The molecular weight excluding hydrogens is 398 g/mol. The Morgan fingerprint density at radius 2 is 1.87 bits per heavy atom. The van der Waals surface area contributed by atoms with Crippen LogP contribution in [0.3, 0.4) is 0 Å². The normalized spacial score (nSPS) is 10.5. The summed E-state index contributed by atoms with van der Waals surface area (Å²) in [5.41, 5.74) is 4.90. The molecule has 2 aromatic carbocycles. The summed E-state index contributed by atoms with van der Waals surface area (Å²) in [6.07, 6.45) is 5.17. The van der Waals surface area contributed by atoms with Crippen LogP contribution >= 0.6 is 12.2 Å². The van der Waals surface area contributed by atoms with Crippen molar-refractivity contribution in [1.82, 2.24) is 10.7 Å². The van der Waals surface area contributed by atoms with Gasteiger partial charge in [-0.2, -0.15) is 5.10 Å². The minimum Gasteiger partial charge on any atom is -0.493 e. The zero-order chi connectivity index (χ0) is 21.6. The molecule has 0 aliphatic rings. The minimum absolute atomic E-state index is 0.432. The Balaban J connectivity index is 1.77. The van der Waals surface area contributed by atoms with Gasteiger partial charge in [0, 0.05) is 13.0 Å². The van der Waals surface area contributed by atoms with Crippen LogP contribution in [0.25, 0.3) is 0 Å². The molecule has 0 unspecified atom stereocenters. The number of nitrogens with one attached hydrogen (secondary N) is 2. The Morgan fingerprint density at radius 3 is 2.57 bits per heavy atom. The van der Waals surface area contributed by atoms with Gasteiger partial charge in [-0.25, -0.2) is 0 Å². The molecule has 6 nitrogen and oxygen atoms in total. The molecular formula is C23H29N3O3S. The van der Waals surface area contributed by atoms with Gasteiger partial charge in [0.15, 0.2) is 16.6 Å². The highest BCUT2D eigenvalue weighted by molar-refractivity contribution is 7.80. The molecule has 160 valence electrons. The molecule has 0 fully saturated rings. The summed E-state index contributed by atoms with van der Waals surface area (Å²) in [5, 5.41) is 7.46. The minimum atomic E-state index is 0.432. The number of hydrogen-bond donors (Lipinski definition) is 2. The summed E-state index contributed by atoms with van der Waals surface area (Å²) in [6.45, 7) is 7.45. The SMILES string of the molecule is C=CCNC(=S)NN=Cc1ccc(OCCCOc2ccc(CC)cc2)c(OC)c1. The Kier molecular flexibility index (Phi) is 10.2. The van der Waals surface area contributed by atoms with Crippen molar-refractivity contribution in [3.8, 4) is 17.2 Å². The van der Waals surface area contributed by atoms with Crippen LogP contribution in [-0.2, 0) is 6.42 Å². The number of hydrogen-bond acceptors (Lipinski definition) is 5. The lowest BCUT2D eigenvalue weighted by atomic mass is 10.2. The number of ether oxygens (including phenoxy) is 3. The maximum atomic E-state index is 5.84. The Labute approximate surface area is 183 Å². The van der Waals surface area contributed by atoms with E-state index in [1.54, 1.807) is 19.4 Å². The van der Waals surface area contributed by atoms with E-state index < -0.39 is 0 Å². The van der Waals surface area contributed by atoms with E-state index in [1.807, 2.05) is 30.3 Å². The van der Waals surface area contributed by atoms with Crippen molar-refractivity contribution in [2.24, 2.45) is 5.10 Å². The van der Waals surface area contributed by atoms with E-state index in [-0.39, 0.29) is 0 Å². The first-order valence-corrected chi connectivity index (χ1v) is 10.3. The topological polar surface area (TPSA) is 64.1 Å². The molecule has 0 radical (unpaired) electrons. The highest BCUT2D eigenvalue weighted by Crippen LogP contribution is 2.27. The lowest BCUT2D eigenvalue weighted by molar-refractivity contribution is 0.240. The molecule has 30 heavy (non-hydrogen) atoms. The molecule has 7 heteroatoms. The second-order valence-corrected chi connectivity index (χ2v) is 6.74.